The molecule has 1 heterocycles. The van der Waals surface area contributed by atoms with E-state index < -0.39 is 6.04 Å². The average Bonchev–Trinajstić information content (AvgIpc) is 2.66. The van der Waals surface area contributed by atoms with Gasteiger partial charge in [0.25, 0.3) is 0 Å². The fourth-order valence-electron chi connectivity index (χ4n) is 3.12. The summed E-state index contributed by atoms with van der Waals surface area (Å²) >= 11 is 0. The summed E-state index contributed by atoms with van der Waals surface area (Å²) in [5.74, 6) is 0.559. The summed E-state index contributed by atoms with van der Waals surface area (Å²) < 4.78 is 5.35. The number of benzene rings is 1. The Labute approximate surface area is 156 Å². The third-order valence-corrected chi connectivity index (χ3v) is 4.98. The number of ether oxygens (including phenoxy) is 1. The van der Waals surface area contributed by atoms with E-state index in [2.05, 4.69) is 0 Å². The fourth-order valence-corrected chi connectivity index (χ4v) is 3.12. The van der Waals surface area contributed by atoms with Crippen molar-refractivity contribution in [1.82, 2.24) is 9.80 Å². The Morgan fingerprint density at radius 1 is 1.23 bits per heavy atom. The lowest BCUT2D eigenvalue weighted by molar-refractivity contribution is -0.135. The van der Waals surface area contributed by atoms with Crippen molar-refractivity contribution >= 4 is 12.0 Å². The molecule has 1 atom stereocenters. The van der Waals surface area contributed by atoms with Crippen LogP contribution in [0.5, 0.6) is 0 Å². The maximum atomic E-state index is 12.3. The highest BCUT2D eigenvalue weighted by atomic mass is 16.6. The maximum absolute atomic E-state index is 12.3. The summed E-state index contributed by atoms with van der Waals surface area (Å²) in [5.41, 5.74) is 6.94. The lowest BCUT2D eigenvalue weighted by Crippen LogP contribution is -2.50. The number of carbonyl (C=O) groups excluding carboxylic acids is 2. The predicted molar refractivity (Wildman–Crippen MR) is 101 cm³/mol. The normalized spacial score (nSPS) is 16.4. The van der Waals surface area contributed by atoms with Gasteiger partial charge in [0.05, 0.1) is 6.04 Å². The minimum atomic E-state index is -0.429. The van der Waals surface area contributed by atoms with Crippen LogP contribution in [0.2, 0.25) is 0 Å². The molecule has 1 aliphatic heterocycles. The van der Waals surface area contributed by atoms with Crippen LogP contribution in [0.4, 0.5) is 4.79 Å². The molecule has 0 unspecified atom stereocenters. The number of nitrogens with two attached hydrogens (primary N) is 1. The molecule has 2 amide bonds. The molecule has 0 aromatic heterocycles. The number of carbonyl (C=O) groups is 2. The Morgan fingerprint density at radius 2 is 1.85 bits per heavy atom. The van der Waals surface area contributed by atoms with Crippen LogP contribution >= 0.6 is 0 Å². The Kier molecular flexibility index (Phi) is 7.45. The van der Waals surface area contributed by atoms with Crippen molar-refractivity contribution in [2.75, 3.05) is 26.7 Å². The van der Waals surface area contributed by atoms with Crippen LogP contribution in [0.15, 0.2) is 30.3 Å². The molecule has 1 aliphatic rings. The van der Waals surface area contributed by atoms with E-state index in [0.717, 1.165) is 18.4 Å². The summed E-state index contributed by atoms with van der Waals surface area (Å²) in [7, 11) is 1.76. The zero-order chi connectivity index (χ0) is 19.1. The van der Waals surface area contributed by atoms with Crippen molar-refractivity contribution in [2.24, 2.45) is 17.6 Å². The molecule has 1 fully saturated rings. The molecule has 0 saturated carbocycles. The minimum absolute atomic E-state index is 0.0362. The van der Waals surface area contributed by atoms with Gasteiger partial charge in [-0.2, -0.15) is 0 Å². The highest BCUT2D eigenvalue weighted by Crippen LogP contribution is 2.20. The largest absolute Gasteiger partial charge is 0.445 e. The van der Waals surface area contributed by atoms with Crippen molar-refractivity contribution in [3.05, 3.63) is 35.9 Å². The van der Waals surface area contributed by atoms with E-state index in [0.29, 0.717) is 25.6 Å². The van der Waals surface area contributed by atoms with E-state index in [1.807, 2.05) is 49.1 Å². The van der Waals surface area contributed by atoms with Crippen LogP contribution < -0.4 is 5.73 Å². The molecular weight excluding hydrogens is 330 g/mol. The number of amides is 2. The first kappa shape index (κ1) is 20.2. The van der Waals surface area contributed by atoms with E-state index in [1.165, 1.54) is 0 Å². The van der Waals surface area contributed by atoms with Gasteiger partial charge in [-0.15, -0.1) is 0 Å². The third-order valence-electron chi connectivity index (χ3n) is 4.98. The second-order valence-electron chi connectivity index (χ2n) is 7.46. The molecule has 1 saturated heterocycles. The monoisotopic (exact) mass is 361 g/mol. The van der Waals surface area contributed by atoms with Gasteiger partial charge in [0, 0.05) is 26.7 Å². The molecule has 0 radical (unpaired) electrons. The van der Waals surface area contributed by atoms with Crippen LogP contribution in [-0.4, -0.2) is 54.5 Å². The van der Waals surface area contributed by atoms with Crippen molar-refractivity contribution in [1.29, 1.82) is 0 Å². The number of rotatable bonds is 6. The van der Waals surface area contributed by atoms with Crippen molar-refractivity contribution in [3.63, 3.8) is 0 Å². The molecule has 0 bridgehead atoms. The van der Waals surface area contributed by atoms with Gasteiger partial charge in [-0.3, -0.25) is 4.79 Å². The number of hydrogen-bond acceptors (Lipinski definition) is 4. The molecule has 2 rings (SSSR count). The zero-order valence-corrected chi connectivity index (χ0v) is 16.1. The number of hydrogen-bond donors (Lipinski definition) is 1. The first-order valence-corrected chi connectivity index (χ1v) is 9.34. The van der Waals surface area contributed by atoms with Crippen LogP contribution in [0.1, 0.15) is 32.3 Å². The summed E-state index contributed by atoms with van der Waals surface area (Å²) in [6, 6.07) is 9.22. The third kappa shape index (κ3) is 5.73. The van der Waals surface area contributed by atoms with Gasteiger partial charge >= 0.3 is 6.09 Å². The molecule has 144 valence electrons. The highest BCUT2D eigenvalue weighted by molar-refractivity contribution is 5.82. The standard InChI is InChI=1S/C20H31N3O3/c1-15(2)18(21)19(24)23-11-9-16(10-12-23)13-22(3)20(25)26-14-17-7-5-4-6-8-17/h4-8,15-16,18H,9-14,21H2,1-3H3/t18-/m0/s1. The summed E-state index contributed by atoms with van der Waals surface area (Å²) in [6.07, 6.45) is 1.45. The van der Waals surface area contributed by atoms with Crippen LogP contribution in [0, 0.1) is 11.8 Å². The van der Waals surface area contributed by atoms with Crippen LogP contribution in [0.3, 0.4) is 0 Å². The zero-order valence-electron chi connectivity index (χ0n) is 16.1. The topological polar surface area (TPSA) is 75.9 Å². The molecule has 0 aliphatic carbocycles. The molecule has 1 aromatic carbocycles. The first-order chi connectivity index (χ1) is 12.4. The summed E-state index contributed by atoms with van der Waals surface area (Å²) in [5, 5.41) is 0. The van der Waals surface area contributed by atoms with Crippen molar-refractivity contribution < 1.29 is 14.3 Å². The quantitative estimate of drug-likeness (QED) is 0.844. The molecule has 6 nitrogen and oxygen atoms in total. The smallest absolute Gasteiger partial charge is 0.409 e. The van der Waals surface area contributed by atoms with E-state index in [-0.39, 0.29) is 24.5 Å². The Balaban J connectivity index is 1.72. The molecule has 6 heteroatoms. The molecular formula is C20H31N3O3. The maximum Gasteiger partial charge on any atom is 0.409 e. The van der Waals surface area contributed by atoms with E-state index in [1.54, 1.807) is 11.9 Å². The average molecular weight is 361 g/mol. The van der Waals surface area contributed by atoms with Gasteiger partial charge in [0.15, 0.2) is 0 Å². The first-order valence-electron chi connectivity index (χ1n) is 9.34. The number of piperidine rings is 1. The van der Waals surface area contributed by atoms with E-state index in [9.17, 15) is 9.59 Å². The van der Waals surface area contributed by atoms with Gasteiger partial charge in [0.2, 0.25) is 5.91 Å². The second-order valence-corrected chi connectivity index (χ2v) is 7.46. The SMILES string of the molecule is CC(C)[C@H](N)C(=O)N1CCC(CN(C)C(=O)OCc2ccccc2)CC1. The van der Waals surface area contributed by atoms with Gasteiger partial charge in [-0.05, 0) is 30.2 Å². The van der Waals surface area contributed by atoms with Gasteiger partial charge in [0.1, 0.15) is 6.61 Å². The fraction of sp³-hybridized carbons (Fsp3) is 0.600. The lowest BCUT2D eigenvalue weighted by atomic mass is 9.95. The summed E-state index contributed by atoms with van der Waals surface area (Å²) in [4.78, 5) is 27.9. The Morgan fingerprint density at radius 3 is 2.42 bits per heavy atom. The van der Waals surface area contributed by atoms with Crippen LogP contribution in [0.25, 0.3) is 0 Å². The van der Waals surface area contributed by atoms with Gasteiger partial charge in [-0.25, -0.2) is 4.79 Å². The molecule has 26 heavy (non-hydrogen) atoms. The highest BCUT2D eigenvalue weighted by Gasteiger charge is 2.28. The number of nitrogens with zero attached hydrogens (tertiary/aromatic N) is 2. The van der Waals surface area contributed by atoms with Crippen LogP contribution in [-0.2, 0) is 16.1 Å². The minimum Gasteiger partial charge on any atom is -0.445 e. The molecule has 0 spiro atoms. The van der Waals surface area contributed by atoms with E-state index in [4.69, 9.17) is 10.5 Å². The van der Waals surface area contributed by atoms with Crippen molar-refractivity contribution in [3.8, 4) is 0 Å². The predicted octanol–water partition coefficient (Wildman–Crippen LogP) is 2.48. The molecule has 2 N–H and O–H groups in total. The summed E-state index contributed by atoms with van der Waals surface area (Å²) in [6.45, 7) is 6.26. The van der Waals surface area contributed by atoms with Gasteiger partial charge in [-0.1, -0.05) is 44.2 Å². The Hall–Kier alpha value is -2.08. The molecule has 1 aromatic rings. The Bertz CT molecular complexity index is 583. The lowest BCUT2D eigenvalue weighted by Gasteiger charge is -2.35. The van der Waals surface area contributed by atoms with Gasteiger partial charge < -0.3 is 20.3 Å². The second kappa shape index (κ2) is 9.57. The van der Waals surface area contributed by atoms with E-state index >= 15 is 0 Å². The van der Waals surface area contributed by atoms with Crippen molar-refractivity contribution in [2.45, 2.75) is 39.3 Å². The number of likely N-dealkylation sites (tertiary alicyclic amines) is 1.